The SMILES string of the molecule is O=C(/C=C/c1ccc(Cl)cc1)c1ccc(O)c(CN2CCCCC2)c1. The number of rotatable bonds is 5. The van der Waals surface area contributed by atoms with Crippen LogP contribution in [0.3, 0.4) is 0 Å². The van der Waals surface area contributed by atoms with Gasteiger partial charge in [-0.25, -0.2) is 0 Å². The Balaban J connectivity index is 1.71. The Hall–Kier alpha value is -2.10. The van der Waals surface area contributed by atoms with E-state index in [4.69, 9.17) is 11.6 Å². The summed E-state index contributed by atoms with van der Waals surface area (Å²) >= 11 is 5.86. The molecule has 0 unspecified atom stereocenters. The van der Waals surface area contributed by atoms with Crippen LogP contribution < -0.4 is 0 Å². The lowest BCUT2D eigenvalue weighted by Crippen LogP contribution is -2.29. The molecule has 1 saturated heterocycles. The molecule has 0 bridgehead atoms. The van der Waals surface area contributed by atoms with E-state index >= 15 is 0 Å². The summed E-state index contributed by atoms with van der Waals surface area (Å²) in [6.45, 7) is 2.79. The summed E-state index contributed by atoms with van der Waals surface area (Å²) in [5.74, 6) is 0.179. The van der Waals surface area contributed by atoms with E-state index in [-0.39, 0.29) is 11.5 Å². The third kappa shape index (κ3) is 4.94. The molecule has 0 atom stereocenters. The Kier molecular flexibility index (Phi) is 5.90. The first kappa shape index (κ1) is 17.7. The summed E-state index contributed by atoms with van der Waals surface area (Å²) in [4.78, 5) is 14.8. The first-order valence-electron chi connectivity index (χ1n) is 8.64. The summed E-state index contributed by atoms with van der Waals surface area (Å²) in [6, 6.07) is 12.4. The van der Waals surface area contributed by atoms with Gasteiger partial charge in [-0.15, -0.1) is 0 Å². The highest BCUT2D eigenvalue weighted by atomic mass is 35.5. The Bertz CT molecular complexity index is 762. The number of carbonyl (C=O) groups is 1. The third-order valence-corrected chi connectivity index (χ3v) is 4.76. The smallest absolute Gasteiger partial charge is 0.185 e. The molecule has 0 aliphatic carbocycles. The number of likely N-dealkylation sites (tertiary alicyclic amines) is 1. The zero-order chi connectivity index (χ0) is 17.6. The van der Waals surface area contributed by atoms with E-state index in [1.807, 2.05) is 12.1 Å². The fourth-order valence-corrected chi connectivity index (χ4v) is 3.19. The molecule has 1 aliphatic rings. The minimum absolute atomic E-state index is 0.0742. The van der Waals surface area contributed by atoms with Gasteiger partial charge in [0.05, 0.1) is 0 Å². The van der Waals surface area contributed by atoms with Crippen LogP contribution in [0.15, 0.2) is 48.5 Å². The quantitative estimate of drug-likeness (QED) is 0.610. The number of aromatic hydroxyl groups is 1. The number of allylic oxidation sites excluding steroid dienone is 1. The number of benzene rings is 2. The standard InChI is InChI=1S/C21H22ClNO2/c22-19-8-4-16(5-9-19)6-10-20(24)17-7-11-21(25)18(14-17)15-23-12-2-1-3-13-23/h4-11,14,25H,1-3,12-13,15H2/b10-6+. The predicted octanol–water partition coefficient (Wildman–Crippen LogP) is 4.93. The third-order valence-electron chi connectivity index (χ3n) is 4.50. The average molecular weight is 356 g/mol. The maximum Gasteiger partial charge on any atom is 0.185 e. The van der Waals surface area contributed by atoms with Gasteiger partial charge in [0, 0.05) is 22.7 Å². The van der Waals surface area contributed by atoms with E-state index in [1.54, 1.807) is 42.5 Å². The Labute approximate surface area is 153 Å². The topological polar surface area (TPSA) is 40.5 Å². The highest BCUT2D eigenvalue weighted by molar-refractivity contribution is 6.30. The molecular weight excluding hydrogens is 334 g/mol. The maximum atomic E-state index is 12.4. The van der Waals surface area contributed by atoms with Crippen LogP contribution in [0.5, 0.6) is 5.75 Å². The van der Waals surface area contributed by atoms with E-state index in [1.165, 1.54) is 19.3 Å². The Morgan fingerprint density at radius 1 is 1.08 bits per heavy atom. The second kappa shape index (κ2) is 8.32. The summed E-state index contributed by atoms with van der Waals surface area (Å²) in [5.41, 5.74) is 2.33. The number of carbonyl (C=O) groups excluding carboxylic acids is 1. The van der Waals surface area contributed by atoms with Crippen LogP contribution in [0, 0.1) is 0 Å². The van der Waals surface area contributed by atoms with Crippen LogP contribution >= 0.6 is 11.6 Å². The van der Waals surface area contributed by atoms with E-state index in [9.17, 15) is 9.90 Å². The summed E-state index contributed by atoms with van der Waals surface area (Å²) in [7, 11) is 0. The molecule has 25 heavy (non-hydrogen) atoms. The zero-order valence-electron chi connectivity index (χ0n) is 14.1. The molecule has 4 heteroatoms. The molecule has 2 aromatic carbocycles. The molecule has 0 saturated carbocycles. The number of phenolic OH excluding ortho intramolecular Hbond substituents is 1. The fourth-order valence-electron chi connectivity index (χ4n) is 3.07. The van der Waals surface area contributed by atoms with Crippen molar-refractivity contribution in [1.82, 2.24) is 4.90 Å². The molecule has 0 amide bonds. The highest BCUT2D eigenvalue weighted by Gasteiger charge is 2.14. The van der Waals surface area contributed by atoms with Crippen molar-refractivity contribution in [2.45, 2.75) is 25.8 Å². The van der Waals surface area contributed by atoms with Gasteiger partial charge in [0.25, 0.3) is 0 Å². The molecule has 1 aliphatic heterocycles. The first-order valence-corrected chi connectivity index (χ1v) is 9.02. The van der Waals surface area contributed by atoms with E-state index in [0.29, 0.717) is 17.1 Å². The lowest BCUT2D eigenvalue weighted by atomic mass is 10.0. The zero-order valence-corrected chi connectivity index (χ0v) is 14.9. The van der Waals surface area contributed by atoms with Crippen molar-refractivity contribution in [2.75, 3.05) is 13.1 Å². The Morgan fingerprint density at radius 3 is 2.52 bits per heavy atom. The van der Waals surface area contributed by atoms with Gasteiger partial charge in [0.15, 0.2) is 5.78 Å². The molecule has 0 spiro atoms. The predicted molar refractivity (Wildman–Crippen MR) is 102 cm³/mol. The summed E-state index contributed by atoms with van der Waals surface area (Å²) < 4.78 is 0. The molecule has 1 N–H and O–H groups in total. The lowest BCUT2D eigenvalue weighted by molar-refractivity contribution is 0.104. The monoisotopic (exact) mass is 355 g/mol. The van der Waals surface area contributed by atoms with Gasteiger partial charge < -0.3 is 5.11 Å². The number of halogens is 1. The van der Waals surface area contributed by atoms with Gasteiger partial charge >= 0.3 is 0 Å². The van der Waals surface area contributed by atoms with Crippen LogP contribution in [-0.4, -0.2) is 28.9 Å². The normalized spacial score (nSPS) is 15.6. The molecular formula is C21H22ClNO2. The summed E-state index contributed by atoms with van der Waals surface area (Å²) in [5, 5.41) is 10.8. The number of piperidine rings is 1. The van der Waals surface area contributed by atoms with Gasteiger partial charge in [-0.05, 0) is 67.9 Å². The Morgan fingerprint density at radius 2 is 1.80 bits per heavy atom. The van der Waals surface area contributed by atoms with Crippen molar-refractivity contribution in [3.8, 4) is 5.75 Å². The average Bonchev–Trinajstić information content (AvgIpc) is 2.64. The highest BCUT2D eigenvalue weighted by Crippen LogP contribution is 2.23. The number of hydrogen-bond donors (Lipinski definition) is 1. The molecule has 1 heterocycles. The van der Waals surface area contributed by atoms with Crippen LogP contribution in [0.4, 0.5) is 0 Å². The van der Waals surface area contributed by atoms with Crippen molar-refractivity contribution in [1.29, 1.82) is 0 Å². The maximum absolute atomic E-state index is 12.4. The first-order chi connectivity index (χ1) is 12.1. The van der Waals surface area contributed by atoms with Gasteiger partial charge in [-0.3, -0.25) is 9.69 Å². The van der Waals surface area contributed by atoms with Crippen LogP contribution in [-0.2, 0) is 6.54 Å². The molecule has 3 rings (SSSR count). The van der Waals surface area contributed by atoms with E-state index in [0.717, 1.165) is 24.2 Å². The van der Waals surface area contributed by atoms with Crippen molar-refractivity contribution in [3.63, 3.8) is 0 Å². The molecule has 0 aromatic heterocycles. The van der Waals surface area contributed by atoms with Gasteiger partial charge in [-0.2, -0.15) is 0 Å². The molecule has 3 nitrogen and oxygen atoms in total. The van der Waals surface area contributed by atoms with Gasteiger partial charge in [0.1, 0.15) is 5.75 Å². The fraction of sp³-hybridized carbons (Fsp3) is 0.286. The van der Waals surface area contributed by atoms with Crippen molar-refractivity contribution in [3.05, 3.63) is 70.3 Å². The minimum atomic E-state index is -0.0742. The second-order valence-electron chi connectivity index (χ2n) is 6.43. The molecule has 2 aromatic rings. The minimum Gasteiger partial charge on any atom is -0.508 e. The number of ketones is 1. The van der Waals surface area contributed by atoms with Crippen LogP contribution in [0.1, 0.15) is 40.7 Å². The van der Waals surface area contributed by atoms with Crippen molar-refractivity contribution in [2.24, 2.45) is 0 Å². The van der Waals surface area contributed by atoms with Crippen LogP contribution in [0.2, 0.25) is 5.02 Å². The van der Waals surface area contributed by atoms with Crippen molar-refractivity contribution < 1.29 is 9.90 Å². The van der Waals surface area contributed by atoms with Gasteiger partial charge in [-0.1, -0.05) is 36.2 Å². The second-order valence-corrected chi connectivity index (χ2v) is 6.87. The molecule has 130 valence electrons. The van der Waals surface area contributed by atoms with Gasteiger partial charge in [0.2, 0.25) is 0 Å². The summed E-state index contributed by atoms with van der Waals surface area (Å²) in [6.07, 6.45) is 7.00. The lowest BCUT2D eigenvalue weighted by Gasteiger charge is -2.26. The number of hydrogen-bond acceptors (Lipinski definition) is 3. The number of nitrogens with zero attached hydrogens (tertiary/aromatic N) is 1. The van der Waals surface area contributed by atoms with Crippen molar-refractivity contribution >= 4 is 23.5 Å². The molecule has 0 radical (unpaired) electrons. The van der Waals surface area contributed by atoms with Crippen LogP contribution in [0.25, 0.3) is 6.08 Å². The van der Waals surface area contributed by atoms with E-state index in [2.05, 4.69) is 4.90 Å². The molecule has 1 fully saturated rings. The van der Waals surface area contributed by atoms with E-state index < -0.39 is 0 Å². The largest absolute Gasteiger partial charge is 0.508 e. The number of phenols is 1.